The van der Waals surface area contributed by atoms with Crippen LogP contribution in [0.4, 0.5) is 0 Å². The van der Waals surface area contributed by atoms with E-state index >= 15 is 0 Å². The molecule has 1 aromatic heterocycles. The summed E-state index contributed by atoms with van der Waals surface area (Å²) >= 11 is 0. The molecule has 1 amide bonds. The first-order valence-electron chi connectivity index (χ1n) is 9.89. The summed E-state index contributed by atoms with van der Waals surface area (Å²) in [4.78, 5) is 25.2. The summed E-state index contributed by atoms with van der Waals surface area (Å²) in [5, 5.41) is 16.5. The molecule has 2 aliphatic rings. The van der Waals surface area contributed by atoms with E-state index in [2.05, 4.69) is 15.3 Å². The second-order valence-electron chi connectivity index (χ2n) is 7.53. The van der Waals surface area contributed by atoms with Crippen LogP contribution in [0.25, 0.3) is 0 Å². The van der Waals surface area contributed by atoms with Crippen molar-refractivity contribution in [3.8, 4) is 0 Å². The number of amides is 1. The van der Waals surface area contributed by atoms with E-state index in [0.29, 0.717) is 18.9 Å². The predicted octanol–water partition coefficient (Wildman–Crippen LogP) is 1.94. The second-order valence-corrected chi connectivity index (χ2v) is 7.53. The Morgan fingerprint density at radius 2 is 1.92 bits per heavy atom. The highest BCUT2D eigenvalue weighted by molar-refractivity contribution is 5.76. The molecule has 0 spiro atoms. The molecule has 2 heterocycles. The number of rotatable bonds is 7. The number of aryl methyl sites for hydroxylation is 1. The lowest BCUT2D eigenvalue weighted by molar-refractivity contribution is -0.137. The number of fused-ring (bicyclic) bond motifs is 1. The minimum atomic E-state index is -0.794. The third-order valence-corrected chi connectivity index (χ3v) is 5.40. The SMILES string of the molecule is O=C(O)CCc1cc2n(n1)CCN(CCC(=O)NC1CCCCCC1)C2. The molecule has 0 radical (unpaired) electrons. The summed E-state index contributed by atoms with van der Waals surface area (Å²) < 4.78 is 1.97. The number of nitrogens with one attached hydrogen (secondary N) is 1. The Hall–Kier alpha value is -1.89. The van der Waals surface area contributed by atoms with Crippen LogP contribution in [0.1, 0.15) is 62.8 Å². The molecular formula is C19H30N4O3. The highest BCUT2D eigenvalue weighted by atomic mass is 16.4. The zero-order valence-corrected chi connectivity index (χ0v) is 15.5. The highest BCUT2D eigenvalue weighted by Gasteiger charge is 2.20. The minimum Gasteiger partial charge on any atom is -0.481 e. The van der Waals surface area contributed by atoms with Gasteiger partial charge >= 0.3 is 5.97 Å². The number of hydrogen-bond acceptors (Lipinski definition) is 4. The van der Waals surface area contributed by atoms with E-state index in [1.54, 1.807) is 0 Å². The third-order valence-electron chi connectivity index (χ3n) is 5.40. The molecule has 3 rings (SSSR count). The first-order valence-corrected chi connectivity index (χ1v) is 9.89. The van der Waals surface area contributed by atoms with Gasteiger partial charge in [0.25, 0.3) is 0 Å². The van der Waals surface area contributed by atoms with E-state index in [1.165, 1.54) is 25.7 Å². The number of aromatic nitrogens is 2. The maximum atomic E-state index is 12.3. The Kier molecular flexibility index (Phi) is 6.66. The Bertz CT molecular complexity index is 620. The van der Waals surface area contributed by atoms with Gasteiger partial charge in [0, 0.05) is 38.5 Å². The van der Waals surface area contributed by atoms with Crippen molar-refractivity contribution in [2.45, 2.75) is 76.9 Å². The zero-order chi connectivity index (χ0) is 18.4. The van der Waals surface area contributed by atoms with Crippen molar-refractivity contribution in [3.63, 3.8) is 0 Å². The van der Waals surface area contributed by atoms with Gasteiger partial charge in [-0.3, -0.25) is 19.2 Å². The summed E-state index contributed by atoms with van der Waals surface area (Å²) in [6.45, 7) is 3.21. The van der Waals surface area contributed by atoms with E-state index in [9.17, 15) is 9.59 Å². The highest BCUT2D eigenvalue weighted by Crippen LogP contribution is 2.18. The minimum absolute atomic E-state index is 0.113. The van der Waals surface area contributed by atoms with Crippen LogP contribution < -0.4 is 5.32 Å². The van der Waals surface area contributed by atoms with Crippen molar-refractivity contribution in [1.29, 1.82) is 0 Å². The number of hydrogen-bond donors (Lipinski definition) is 2. The lowest BCUT2D eigenvalue weighted by Crippen LogP contribution is -2.39. The van der Waals surface area contributed by atoms with Crippen LogP contribution in [-0.4, -0.2) is 50.8 Å². The van der Waals surface area contributed by atoms with Gasteiger partial charge in [-0.2, -0.15) is 5.10 Å². The molecule has 0 bridgehead atoms. The van der Waals surface area contributed by atoms with Gasteiger partial charge in [-0.25, -0.2) is 0 Å². The number of carbonyl (C=O) groups excluding carboxylic acids is 1. The molecule has 1 saturated carbocycles. The van der Waals surface area contributed by atoms with Gasteiger partial charge in [0.1, 0.15) is 0 Å². The standard InChI is InChI=1S/C19H30N4O3/c24-18(20-15-5-3-1-2-4-6-15)9-10-22-11-12-23-17(14-22)13-16(21-23)7-8-19(25)26/h13,15H,1-12,14H2,(H,20,24)(H,25,26). The van der Waals surface area contributed by atoms with Gasteiger partial charge in [-0.05, 0) is 18.9 Å². The van der Waals surface area contributed by atoms with Crippen molar-refractivity contribution < 1.29 is 14.7 Å². The van der Waals surface area contributed by atoms with Crippen LogP contribution in [0.2, 0.25) is 0 Å². The molecule has 0 aromatic carbocycles. The first-order chi connectivity index (χ1) is 12.6. The van der Waals surface area contributed by atoms with Crippen LogP contribution in [0.3, 0.4) is 0 Å². The fraction of sp³-hybridized carbons (Fsp3) is 0.737. The number of aliphatic carboxylic acids is 1. The summed E-state index contributed by atoms with van der Waals surface area (Å²) in [5.74, 6) is -0.629. The van der Waals surface area contributed by atoms with Crippen molar-refractivity contribution in [1.82, 2.24) is 20.0 Å². The monoisotopic (exact) mass is 362 g/mol. The predicted molar refractivity (Wildman–Crippen MR) is 97.7 cm³/mol. The van der Waals surface area contributed by atoms with Crippen molar-refractivity contribution in [3.05, 3.63) is 17.5 Å². The van der Waals surface area contributed by atoms with E-state index in [1.807, 2.05) is 10.7 Å². The van der Waals surface area contributed by atoms with Crippen LogP contribution in [0, 0.1) is 0 Å². The fourth-order valence-corrected chi connectivity index (χ4v) is 3.91. The number of carboxylic acids is 1. The van der Waals surface area contributed by atoms with Crippen LogP contribution in [-0.2, 0) is 29.1 Å². The van der Waals surface area contributed by atoms with Gasteiger partial charge in [0.05, 0.1) is 24.4 Å². The second kappa shape index (κ2) is 9.16. The molecule has 2 N–H and O–H groups in total. The third kappa shape index (κ3) is 5.56. The van der Waals surface area contributed by atoms with Crippen molar-refractivity contribution in [2.75, 3.05) is 13.1 Å². The number of carboxylic acid groups (broad SMARTS) is 1. The Morgan fingerprint density at radius 1 is 1.15 bits per heavy atom. The van der Waals surface area contributed by atoms with Crippen LogP contribution in [0.5, 0.6) is 0 Å². The zero-order valence-electron chi connectivity index (χ0n) is 15.5. The average Bonchev–Trinajstić information content (AvgIpc) is 2.85. The molecule has 7 nitrogen and oxygen atoms in total. The quantitative estimate of drug-likeness (QED) is 0.724. The Balaban J connectivity index is 1.42. The van der Waals surface area contributed by atoms with Gasteiger partial charge in [-0.1, -0.05) is 25.7 Å². The van der Waals surface area contributed by atoms with E-state index in [4.69, 9.17) is 5.11 Å². The van der Waals surface area contributed by atoms with E-state index in [-0.39, 0.29) is 12.3 Å². The first kappa shape index (κ1) is 18.9. The lowest BCUT2D eigenvalue weighted by Gasteiger charge is -2.27. The Morgan fingerprint density at radius 3 is 2.65 bits per heavy atom. The van der Waals surface area contributed by atoms with Gasteiger partial charge in [-0.15, -0.1) is 0 Å². The topological polar surface area (TPSA) is 87.5 Å². The van der Waals surface area contributed by atoms with Crippen LogP contribution in [0.15, 0.2) is 6.07 Å². The smallest absolute Gasteiger partial charge is 0.303 e. The molecule has 1 aliphatic carbocycles. The number of nitrogens with zero attached hydrogens (tertiary/aromatic N) is 3. The summed E-state index contributed by atoms with van der Waals surface area (Å²) in [6, 6.07) is 2.37. The average molecular weight is 362 g/mol. The van der Waals surface area contributed by atoms with Gasteiger partial charge in [0.2, 0.25) is 5.91 Å². The maximum absolute atomic E-state index is 12.3. The van der Waals surface area contributed by atoms with E-state index < -0.39 is 5.97 Å². The molecule has 1 aliphatic heterocycles. The van der Waals surface area contributed by atoms with Crippen molar-refractivity contribution in [2.24, 2.45) is 0 Å². The molecule has 0 unspecified atom stereocenters. The maximum Gasteiger partial charge on any atom is 0.303 e. The van der Waals surface area contributed by atoms with Crippen molar-refractivity contribution >= 4 is 11.9 Å². The molecule has 0 atom stereocenters. The number of carbonyl (C=O) groups is 2. The molecule has 7 heteroatoms. The largest absolute Gasteiger partial charge is 0.481 e. The lowest BCUT2D eigenvalue weighted by atomic mass is 10.1. The molecule has 1 fully saturated rings. The van der Waals surface area contributed by atoms with E-state index in [0.717, 1.165) is 50.4 Å². The molecule has 1 aromatic rings. The van der Waals surface area contributed by atoms with Crippen LogP contribution >= 0.6 is 0 Å². The molecule has 0 saturated heterocycles. The molecular weight excluding hydrogens is 332 g/mol. The normalized spacial score (nSPS) is 18.9. The summed E-state index contributed by atoms with van der Waals surface area (Å²) in [7, 11) is 0. The van der Waals surface area contributed by atoms with Gasteiger partial charge < -0.3 is 10.4 Å². The fourth-order valence-electron chi connectivity index (χ4n) is 3.91. The summed E-state index contributed by atoms with van der Waals surface area (Å²) in [6.07, 6.45) is 8.40. The summed E-state index contributed by atoms with van der Waals surface area (Å²) in [5.41, 5.74) is 1.95. The van der Waals surface area contributed by atoms with Gasteiger partial charge in [0.15, 0.2) is 0 Å². The Labute approximate surface area is 154 Å². The molecule has 26 heavy (non-hydrogen) atoms. The molecule has 144 valence electrons.